The minimum absolute atomic E-state index is 0.514. The number of nitrogens with one attached hydrogen (secondary N) is 1. The highest BCUT2D eigenvalue weighted by atomic mass is 15.5. The van der Waals surface area contributed by atoms with Crippen LogP contribution in [-0.2, 0) is 0 Å². The molecule has 1 heterocycles. The second kappa shape index (κ2) is 2.40. The zero-order valence-electron chi connectivity index (χ0n) is 6.12. The molecule has 2 aliphatic rings. The van der Waals surface area contributed by atoms with E-state index in [0.29, 0.717) is 5.92 Å². The number of allylic oxidation sites excluding steroid dienone is 3. The Morgan fingerprint density at radius 2 is 2.64 bits per heavy atom. The number of hydrogen-bond donors (Lipinski definition) is 1. The summed E-state index contributed by atoms with van der Waals surface area (Å²) in [5.74, 6) is 0.514. The molecule has 11 heavy (non-hydrogen) atoms. The normalized spacial score (nSPS) is 27.7. The molecule has 1 fully saturated rings. The molecule has 0 bridgehead atoms. The number of hydrogen-bond acceptors (Lipinski definition) is 3. The number of nitriles is 1. The van der Waals surface area contributed by atoms with E-state index in [1.54, 1.807) is 5.01 Å². The zero-order valence-corrected chi connectivity index (χ0v) is 6.12. The van der Waals surface area contributed by atoms with Crippen molar-refractivity contribution in [1.82, 2.24) is 10.4 Å². The minimum Gasteiger partial charge on any atom is -0.220 e. The third-order valence-corrected chi connectivity index (χ3v) is 2.10. The van der Waals surface area contributed by atoms with Crippen LogP contribution in [0.2, 0.25) is 0 Å². The fraction of sp³-hybridized carbons (Fsp3) is 0.375. The summed E-state index contributed by atoms with van der Waals surface area (Å²) in [6.07, 6.45) is 9.27. The van der Waals surface area contributed by atoms with Crippen molar-refractivity contribution in [2.45, 2.75) is 6.42 Å². The highest BCUT2D eigenvalue weighted by Crippen LogP contribution is 2.26. The average molecular weight is 147 g/mol. The predicted molar refractivity (Wildman–Crippen MR) is 40.8 cm³/mol. The van der Waals surface area contributed by atoms with Gasteiger partial charge >= 0.3 is 0 Å². The molecule has 0 amide bonds. The van der Waals surface area contributed by atoms with Crippen LogP contribution in [0.4, 0.5) is 0 Å². The SMILES string of the molecule is N#CN1NCC2CC=CC=C21. The molecular weight excluding hydrogens is 138 g/mol. The maximum absolute atomic E-state index is 8.65. The molecule has 1 aliphatic heterocycles. The smallest absolute Gasteiger partial charge is 0.200 e. The second-order valence-corrected chi connectivity index (χ2v) is 2.75. The van der Waals surface area contributed by atoms with Crippen molar-refractivity contribution < 1.29 is 0 Å². The fourth-order valence-corrected chi connectivity index (χ4v) is 1.50. The first kappa shape index (κ1) is 6.44. The van der Waals surface area contributed by atoms with Gasteiger partial charge in [-0.2, -0.15) is 5.26 Å². The van der Waals surface area contributed by atoms with Crippen molar-refractivity contribution in [3.8, 4) is 6.19 Å². The number of rotatable bonds is 0. The standard InChI is InChI=1S/C8H9N3/c9-6-11-8-4-2-1-3-7(8)5-10-11/h1-2,4,7,10H,3,5H2. The lowest BCUT2D eigenvalue weighted by atomic mass is 9.99. The highest BCUT2D eigenvalue weighted by molar-refractivity contribution is 5.24. The third-order valence-electron chi connectivity index (χ3n) is 2.10. The van der Waals surface area contributed by atoms with Crippen LogP contribution in [0.1, 0.15) is 6.42 Å². The molecule has 2 rings (SSSR count). The van der Waals surface area contributed by atoms with Gasteiger partial charge in [0.25, 0.3) is 0 Å². The van der Waals surface area contributed by atoms with E-state index in [1.807, 2.05) is 12.2 Å². The van der Waals surface area contributed by atoms with Gasteiger partial charge in [0.15, 0.2) is 6.19 Å². The molecule has 0 aromatic heterocycles. The van der Waals surface area contributed by atoms with Crippen molar-refractivity contribution in [2.24, 2.45) is 5.92 Å². The lowest BCUT2D eigenvalue weighted by Crippen LogP contribution is -2.23. The van der Waals surface area contributed by atoms with Gasteiger partial charge in [-0.3, -0.25) is 0 Å². The molecule has 1 atom stereocenters. The van der Waals surface area contributed by atoms with Gasteiger partial charge in [0.1, 0.15) is 0 Å². The molecule has 0 aromatic carbocycles. The molecule has 1 N–H and O–H groups in total. The van der Waals surface area contributed by atoms with Crippen molar-refractivity contribution in [3.63, 3.8) is 0 Å². The van der Waals surface area contributed by atoms with Crippen LogP contribution in [0.15, 0.2) is 23.9 Å². The lowest BCUT2D eigenvalue weighted by molar-refractivity contribution is 0.425. The molecule has 1 aliphatic carbocycles. The van der Waals surface area contributed by atoms with E-state index in [9.17, 15) is 0 Å². The summed E-state index contributed by atoms with van der Waals surface area (Å²) in [4.78, 5) is 0. The number of nitrogens with zero attached hydrogens (tertiary/aromatic N) is 2. The van der Waals surface area contributed by atoms with E-state index in [0.717, 1.165) is 18.7 Å². The molecule has 0 radical (unpaired) electrons. The fourth-order valence-electron chi connectivity index (χ4n) is 1.50. The maximum Gasteiger partial charge on any atom is 0.200 e. The maximum atomic E-state index is 8.65. The first-order chi connectivity index (χ1) is 5.42. The van der Waals surface area contributed by atoms with Crippen LogP contribution >= 0.6 is 0 Å². The zero-order chi connectivity index (χ0) is 7.68. The first-order valence-corrected chi connectivity index (χ1v) is 3.72. The summed E-state index contributed by atoms with van der Waals surface area (Å²) in [6, 6.07) is 0. The summed E-state index contributed by atoms with van der Waals surface area (Å²) in [5, 5.41) is 10.2. The molecule has 3 nitrogen and oxygen atoms in total. The Hall–Kier alpha value is -1.27. The van der Waals surface area contributed by atoms with Gasteiger partial charge in [-0.05, 0) is 12.5 Å². The monoisotopic (exact) mass is 147 g/mol. The van der Waals surface area contributed by atoms with Crippen LogP contribution in [0.3, 0.4) is 0 Å². The van der Waals surface area contributed by atoms with Gasteiger partial charge in [-0.1, -0.05) is 12.2 Å². The van der Waals surface area contributed by atoms with E-state index in [4.69, 9.17) is 5.26 Å². The Kier molecular flexibility index (Phi) is 1.41. The van der Waals surface area contributed by atoms with Gasteiger partial charge in [0.2, 0.25) is 0 Å². The van der Waals surface area contributed by atoms with Crippen molar-refractivity contribution in [1.29, 1.82) is 5.26 Å². The molecule has 56 valence electrons. The largest absolute Gasteiger partial charge is 0.220 e. The predicted octanol–water partition coefficient (Wildman–Crippen LogP) is 0.748. The Morgan fingerprint density at radius 1 is 1.73 bits per heavy atom. The Balaban J connectivity index is 2.27. The molecule has 0 saturated carbocycles. The second-order valence-electron chi connectivity index (χ2n) is 2.75. The van der Waals surface area contributed by atoms with Crippen LogP contribution < -0.4 is 5.43 Å². The highest BCUT2D eigenvalue weighted by Gasteiger charge is 2.27. The van der Waals surface area contributed by atoms with Crippen LogP contribution in [0.25, 0.3) is 0 Å². The minimum atomic E-state index is 0.514. The summed E-state index contributed by atoms with van der Waals surface area (Å²) in [7, 11) is 0. The third kappa shape index (κ3) is 0.920. The topological polar surface area (TPSA) is 39.1 Å². The van der Waals surface area contributed by atoms with E-state index in [1.165, 1.54) is 0 Å². The van der Waals surface area contributed by atoms with Crippen LogP contribution in [0.5, 0.6) is 0 Å². The van der Waals surface area contributed by atoms with E-state index in [2.05, 4.69) is 17.7 Å². The van der Waals surface area contributed by atoms with Crippen LogP contribution in [0, 0.1) is 17.4 Å². The summed E-state index contributed by atoms with van der Waals surface area (Å²) >= 11 is 0. The Morgan fingerprint density at radius 3 is 3.45 bits per heavy atom. The van der Waals surface area contributed by atoms with Crippen molar-refractivity contribution in [2.75, 3.05) is 6.54 Å². The Bertz CT molecular complexity index is 259. The summed E-state index contributed by atoms with van der Waals surface area (Å²) < 4.78 is 0. The number of fused-ring (bicyclic) bond motifs is 1. The lowest BCUT2D eigenvalue weighted by Gasteiger charge is -2.13. The molecular formula is C8H9N3. The molecule has 0 aromatic rings. The molecule has 1 unspecified atom stereocenters. The summed E-state index contributed by atoms with van der Waals surface area (Å²) in [6.45, 7) is 0.893. The number of hydrazine groups is 1. The van der Waals surface area contributed by atoms with E-state index >= 15 is 0 Å². The van der Waals surface area contributed by atoms with E-state index in [-0.39, 0.29) is 0 Å². The molecule has 0 spiro atoms. The molecule has 3 heteroatoms. The first-order valence-electron chi connectivity index (χ1n) is 3.72. The molecule has 1 saturated heterocycles. The van der Waals surface area contributed by atoms with Gasteiger partial charge in [-0.15, -0.1) is 0 Å². The average Bonchev–Trinajstić information content (AvgIpc) is 2.47. The summed E-state index contributed by atoms with van der Waals surface area (Å²) in [5.41, 5.74) is 4.12. The van der Waals surface area contributed by atoms with Crippen LogP contribution in [-0.4, -0.2) is 11.6 Å². The van der Waals surface area contributed by atoms with Gasteiger partial charge in [0, 0.05) is 12.5 Å². The Labute approximate surface area is 65.6 Å². The van der Waals surface area contributed by atoms with Crippen molar-refractivity contribution in [3.05, 3.63) is 23.9 Å². The quantitative estimate of drug-likeness (QED) is 0.514. The van der Waals surface area contributed by atoms with Gasteiger partial charge < -0.3 is 0 Å². The van der Waals surface area contributed by atoms with E-state index < -0.39 is 0 Å². The van der Waals surface area contributed by atoms with Gasteiger partial charge in [0.05, 0.1) is 5.70 Å². The van der Waals surface area contributed by atoms with Crippen molar-refractivity contribution >= 4 is 0 Å². The van der Waals surface area contributed by atoms with Gasteiger partial charge in [-0.25, -0.2) is 10.4 Å².